The third-order valence-electron chi connectivity index (χ3n) is 3.88. The minimum absolute atomic E-state index is 0.0905. The summed E-state index contributed by atoms with van der Waals surface area (Å²) < 4.78 is 57.3. The van der Waals surface area contributed by atoms with Crippen LogP contribution in [0.5, 0.6) is 0 Å². The zero-order valence-corrected chi connectivity index (χ0v) is 13.0. The highest BCUT2D eigenvalue weighted by Crippen LogP contribution is 2.48. The average Bonchev–Trinajstić information content (AvgIpc) is 2.37. The van der Waals surface area contributed by atoms with E-state index in [-0.39, 0.29) is 5.69 Å². The van der Waals surface area contributed by atoms with Crippen molar-refractivity contribution in [2.45, 2.75) is 37.4 Å². The van der Waals surface area contributed by atoms with Crippen molar-refractivity contribution >= 4 is 29.0 Å². The number of anilines is 1. The summed E-state index contributed by atoms with van der Waals surface area (Å²) in [7, 11) is 0. The Bertz CT molecular complexity index is 681. The summed E-state index contributed by atoms with van der Waals surface area (Å²) in [5.74, 6) is -4.65. The average molecular weight is 350 g/mol. The molecular formula is C14H14F4N2O2S. The molecule has 0 saturated carbocycles. The monoisotopic (exact) mass is 350 g/mol. The van der Waals surface area contributed by atoms with Crippen LogP contribution in [-0.4, -0.2) is 27.8 Å². The number of alkyl halides is 3. The summed E-state index contributed by atoms with van der Waals surface area (Å²) in [6.45, 7) is 1.92. The van der Waals surface area contributed by atoms with Crippen LogP contribution in [-0.2, 0) is 5.54 Å². The molecular weight excluding hydrogens is 336 g/mol. The van der Waals surface area contributed by atoms with Crippen LogP contribution in [0.3, 0.4) is 0 Å². The van der Waals surface area contributed by atoms with Crippen molar-refractivity contribution in [1.82, 2.24) is 5.32 Å². The standard InChI is InChI=1S/C14H14F4N2O2S/c1-12(16)6-14(17,18)13(2,20-10(12)23)8-5-7(19-11(21)22)3-4-9(8)15/h3-5,19H,6H2,1-2H3,(H,20,23)(H,21,22)/t12-,13-/m1/s1. The van der Waals surface area contributed by atoms with Crippen molar-refractivity contribution in [3.05, 3.63) is 29.6 Å². The number of benzene rings is 1. The molecule has 0 spiro atoms. The summed E-state index contributed by atoms with van der Waals surface area (Å²) >= 11 is 4.79. The number of thiocarbonyl (C=S) groups is 1. The Hall–Kier alpha value is -1.90. The number of halogens is 4. The largest absolute Gasteiger partial charge is 0.465 e. The molecule has 0 radical (unpaired) electrons. The van der Waals surface area contributed by atoms with Gasteiger partial charge in [-0.15, -0.1) is 0 Å². The molecule has 0 bridgehead atoms. The first-order valence-electron chi connectivity index (χ1n) is 6.58. The van der Waals surface area contributed by atoms with Crippen LogP contribution in [0, 0.1) is 5.82 Å². The zero-order valence-electron chi connectivity index (χ0n) is 12.2. The van der Waals surface area contributed by atoms with Crippen LogP contribution >= 0.6 is 12.2 Å². The number of amides is 1. The van der Waals surface area contributed by atoms with Gasteiger partial charge in [-0.3, -0.25) is 5.32 Å². The summed E-state index contributed by atoms with van der Waals surface area (Å²) in [4.78, 5) is 10.2. The Morgan fingerprint density at radius 3 is 2.52 bits per heavy atom. The molecule has 1 fully saturated rings. The lowest BCUT2D eigenvalue weighted by Gasteiger charge is -2.47. The minimum Gasteiger partial charge on any atom is -0.465 e. The zero-order chi connectivity index (χ0) is 17.6. The topological polar surface area (TPSA) is 61.4 Å². The van der Waals surface area contributed by atoms with Crippen molar-refractivity contribution in [3.8, 4) is 0 Å². The Kier molecular flexibility index (Phi) is 4.04. The lowest BCUT2D eigenvalue weighted by atomic mass is 9.76. The summed E-state index contributed by atoms with van der Waals surface area (Å²) in [6.07, 6.45) is -2.64. The molecule has 2 atom stereocenters. The number of hydrogen-bond acceptors (Lipinski definition) is 2. The molecule has 1 aliphatic rings. The number of hydrogen-bond donors (Lipinski definition) is 3. The molecule has 0 unspecified atom stereocenters. The molecule has 1 heterocycles. The predicted octanol–water partition coefficient (Wildman–Crippen LogP) is 3.82. The Labute approximate surface area is 134 Å². The van der Waals surface area contributed by atoms with Crippen LogP contribution in [0.1, 0.15) is 25.8 Å². The third-order valence-corrected chi connectivity index (χ3v) is 4.41. The normalized spacial score (nSPS) is 29.7. The summed E-state index contributed by atoms with van der Waals surface area (Å²) in [5.41, 5.74) is -5.33. The van der Waals surface area contributed by atoms with Crippen molar-refractivity contribution in [2.75, 3.05) is 5.32 Å². The molecule has 23 heavy (non-hydrogen) atoms. The number of carbonyl (C=O) groups is 1. The smallest absolute Gasteiger partial charge is 0.409 e. The Balaban J connectivity index is 2.54. The Morgan fingerprint density at radius 1 is 1.35 bits per heavy atom. The molecule has 2 rings (SSSR count). The second-order valence-electron chi connectivity index (χ2n) is 5.78. The van der Waals surface area contributed by atoms with Gasteiger partial charge >= 0.3 is 6.09 Å². The van der Waals surface area contributed by atoms with Crippen molar-refractivity contribution in [3.63, 3.8) is 0 Å². The van der Waals surface area contributed by atoms with Crippen LogP contribution in [0.25, 0.3) is 0 Å². The molecule has 126 valence electrons. The van der Waals surface area contributed by atoms with Gasteiger partial charge in [0.05, 0.1) is 6.42 Å². The van der Waals surface area contributed by atoms with E-state index in [1.54, 1.807) is 0 Å². The molecule has 1 amide bonds. The van der Waals surface area contributed by atoms with E-state index in [0.29, 0.717) is 0 Å². The van der Waals surface area contributed by atoms with Gasteiger partial charge < -0.3 is 10.4 Å². The SMILES string of the molecule is C[C@@]1(F)CC(F)(F)[C@@](C)(c2cc(NC(=O)O)ccc2F)NC1=S. The molecule has 0 aromatic heterocycles. The van der Waals surface area contributed by atoms with E-state index in [4.69, 9.17) is 17.3 Å². The summed E-state index contributed by atoms with van der Waals surface area (Å²) in [6, 6.07) is 2.89. The maximum Gasteiger partial charge on any atom is 0.409 e. The van der Waals surface area contributed by atoms with Gasteiger partial charge in [-0.1, -0.05) is 12.2 Å². The molecule has 1 aromatic carbocycles. The number of carboxylic acid groups (broad SMARTS) is 1. The van der Waals surface area contributed by atoms with Crippen molar-refractivity contribution in [2.24, 2.45) is 0 Å². The van der Waals surface area contributed by atoms with Gasteiger partial charge in [0.2, 0.25) is 0 Å². The van der Waals surface area contributed by atoms with Gasteiger partial charge in [0.1, 0.15) is 16.3 Å². The van der Waals surface area contributed by atoms with Gasteiger partial charge in [0, 0.05) is 11.3 Å². The van der Waals surface area contributed by atoms with E-state index in [1.807, 2.05) is 5.32 Å². The van der Waals surface area contributed by atoms with Gasteiger partial charge in [-0.05, 0) is 32.0 Å². The Morgan fingerprint density at radius 2 is 1.96 bits per heavy atom. The molecule has 1 aromatic rings. The molecule has 1 aliphatic heterocycles. The fourth-order valence-corrected chi connectivity index (χ4v) is 2.77. The van der Waals surface area contributed by atoms with Crippen molar-refractivity contribution < 1.29 is 27.5 Å². The highest BCUT2D eigenvalue weighted by molar-refractivity contribution is 7.80. The van der Waals surface area contributed by atoms with Crippen LogP contribution in [0.4, 0.5) is 28.0 Å². The third kappa shape index (κ3) is 2.97. The van der Waals surface area contributed by atoms with E-state index >= 15 is 0 Å². The molecule has 4 nitrogen and oxygen atoms in total. The van der Waals surface area contributed by atoms with Crippen LogP contribution < -0.4 is 10.6 Å². The van der Waals surface area contributed by atoms with Gasteiger partial charge in [0.15, 0.2) is 5.67 Å². The first-order valence-corrected chi connectivity index (χ1v) is 6.99. The summed E-state index contributed by atoms with van der Waals surface area (Å²) in [5, 5.41) is 12.8. The predicted molar refractivity (Wildman–Crippen MR) is 80.2 cm³/mol. The van der Waals surface area contributed by atoms with Crippen LogP contribution in [0.2, 0.25) is 0 Å². The lowest BCUT2D eigenvalue weighted by Crippen LogP contribution is -2.66. The van der Waals surface area contributed by atoms with Crippen molar-refractivity contribution in [1.29, 1.82) is 0 Å². The quantitative estimate of drug-likeness (QED) is 0.561. The fraction of sp³-hybridized carbons (Fsp3) is 0.429. The number of piperidine rings is 1. The maximum atomic E-state index is 14.5. The number of nitrogens with one attached hydrogen (secondary N) is 2. The lowest BCUT2D eigenvalue weighted by molar-refractivity contribution is -0.119. The number of rotatable bonds is 2. The highest BCUT2D eigenvalue weighted by Gasteiger charge is 2.61. The molecule has 9 heteroatoms. The highest BCUT2D eigenvalue weighted by atomic mass is 32.1. The van der Waals surface area contributed by atoms with Crippen LogP contribution in [0.15, 0.2) is 18.2 Å². The van der Waals surface area contributed by atoms with E-state index in [2.05, 4.69) is 5.32 Å². The first-order chi connectivity index (χ1) is 10.4. The van der Waals surface area contributed by atoms with Gasteiger partial charge in [-0.25, -0.2) is 22.4 Å². The van der Waals surface area contributed by atoms with E-state index in [0.717, 1.165) is 32.0 Å². The molecule has 1 saturated heterocycles. The van der Waals surface area contributed by atoms with E-state index < -0.39 is 46.0 Å². The first kappa shape index (κ1) is 17.5. The second kappa shape index (κ2) is 5.33. The van der Waals surface area contributed by atoms with E-state index in [9.17, 15) is 22.4 Å². The maximum absolute atomic E-state index is 14.5. The molecule has 3 N–H and O–H groups in total. The van der Waals surface area contributed by atoms with E-state index in [1.165, 1.54) is 0 Å². The van der Waals surface area contributed by atoms with Gasteiger partial charge in [0.25, 0.3) is 5.92 Å². The fourth-order valence-electron chi connectivity index (χ4n) is 2.50. The van der Waals surface area contributed by atoms with Gasteiger partial charge in [-0.2, -0.15) is 0 Å². The second-order valence-corrected chi connectivity index (χ2v) is 6.19. The molecule has 0 aliphatic carbocycles. The minimum atomic E-state index is -3.67.